The number of hydrogen-bond acceptors (Lipinski definition) is 4. The van der Waals surface area contributed by atoms with Crippen molar-refractivity contribution in [2.75, 3.05) is 18.1 Å². The van der Waals surface area contributed by atoms with Crippen LogP contribution in [0.2, 0.25) is 0 Å². The van der Waals surface area contributed by atoms with E-state index >= 15 is 0 Å². The van der Waals surface area contributed by atoms with Gasteiger partial charge in [0.2, 0.25) is 0 Å². The van der Waals surface area contributed by atoms with Gasteiger partial charge in [-0.2, -0.15) is 0 Å². The average molecular weight is 277 g/mol. The maximum absolute atomic E-state index is 13.1. The molecule has 1 aromatic rings. The van der Waals surface area contributed by atoms with Crippen LogP contribution in [0.1, 0.15) is 17.3 Å². The first kappa shape index (κ1) is 13.9. The number of esters is 1. The lowest BCUT2D eigenvalue weighted by Crippen LogP contribution is -2.33. The van der Waals surface area contributed by atoms with Gasteiger partial charge in [0, 0.05) is 5.57 Å². The molecule has 0 aliphatic carbocycles. The van der Waals surface area contributed by atoms with Crippen molar-refractivity contribution >= 4 is 23.3 Å². The van der Waals surface area contributed by atoms with Gasteiger partial charge >= 0.3 is 5.97 Å². The predicted octanol–water partition coefficient (Wildman–Crippen LogP) is 1.47. The maximum atomic E-state index is 13.1. The topological polar surface area (TPSA) is 63.7 Å². The van der Waals surface area contributed by atoms with Crippen molar-refractivity contribution in [1.82, 2.24) is 0 Å². The van der Waals surface area contributed by atoms with Crippen LogP contribution in [-0.2, 0) is 14.3 Å². The predicted molar refractivity (Wildman–Crippen MR) is 68.9 cm³/mol. The lowest BCUT2D eigenvalue weighted by molar-refractivity contribution is -0.138. The van der Waals surface area contributed by atoms with E-state index in [1.807, 2.05) is 0 Å². The van der Waals surface area contributed by atoms with Gasteiger partial charge in [-0.15, -0.1) is 0 Å². The van der Waals surface area contributed by atoms with E-state index in [1.54, 1.807) is 6.92 Å². The fraction of sp³-hybridized carbons (Fsp3) is 0.214. The van der Waals surface area contributed by atoms with E-state index < -0.39 is 23.5 Å². The van der Waals surface area contributed by atoms with E-state index in [0.717, 1.165) is 17.0 Å². The monoisotopic (exact) mass is 277 g/mol. The fourth-order valence-corrected chi connectivity index (χ4v) is 1.92. The molecule has 104 valence electrons. The normalized spacial score (nSPS) is 13.4. The van der Waals surface area contributed by atoms with E-state index in [1.165, 1.54) is 6.07 Å². The molecule has 0 unspecified atom stereocenters. The molecule has 1 aromatic carbocycles. The van der Waals surface area contributed by atoms with Crippen LogP contribution in [0, 0.1) is 5.82 Å². The minimum atomic E-state index is -0.809. The van der Waals surface area contributed by atoms with Crippen LogP contribution in [-0.4, -0.2) is 30.8 Å². The highest BCUT2D eigenvalue weighted by Gasteiger charge is 2.36. The number of Topliss-reactive ketones (excluding diaryl/α,β-unsaturated/α-hetero) is 1. The highest BCUT2D eigenvalue weighted by molar-refractivity contribution is 6.52. The molecule has 0 N–H and O–H groups in total. The van der Waals surface area contributed by atoms with Crippen LogP contribution in [0.3, 0.4) is 0 Å². The molecular weight excluding hydrogens is 265 g/mol. The Morgan fingerprint density at radius 1 is 1.40 bits per heavy atom. The van der Waals surface area contributed by atoms with Crippen LogP contribution in [0.15, 0.2) is 30.4 Å². The fourth-order valence-electron chi connectivity index (χ4n) is 1.92. The summed E-state index contributed by atoms with van der Waals surface area (Å²) in [5.74, 6) is -2.84. The minimum absolute atomic E-state index is 0.00772. The third-order valence-electron chi connectivity index (χ3n) is 2.85. The van der Waals surface area contributed by atoms with Gasteiger partial charge in [-0.25, -0.2) is 9.18 Å². The minimum Gasteiger partial charge on any atom is -0.463 e. The van der Waals surface area contributed by atoms with Crippen molar-refractivity contribution in [3.63, 3.8) is 0 Å². The van der Waals surface area contributed by atoms with E-state index in [4.69, 9.17) is 4.74 Å². The number of rotatable bonds is 4. The van der Waals surface area contributed by atoms with E-state index in [9.17, 15) is 18.8 Å². The molecule has 2 rings (SSSR count). The Balaban J connectivity index is 2.26. The van der Waals surface area contributed by atoms with Gasteiger partial charge in [0.05, 0.1) is 24.4 Å². The smallest absolute Gasteiger partial charge is 0.335 e. The van der Waals surface area contributed by atoms with E-state index in [2.05, 4.69) is 6.58 Å². The number of ketones is 1. The van der Waals surface area contributed by atoms with Crippen LogP contribution >= 0.6 is 0 Å². The quantitative estimate of drug-likeness (QED) is 0.475. The summed E-state index contributed by atoms with van der Waals surface area (Å²) in [7, 11) is 0. The first-order chi connectivity index (χ1) is 9.45. The van der Waals surface area contributed by atoms with Gasteiger partial charge in [-0.05, 0) is 25.1 Å². The van der Waals surface area contributed by atoms with Crippen molar-refractivity contribution in [2.45, 2.75) is 6.92 Å². The highest BCUT2D eigenvalue weighted by Crippen LogP contribution is 2.29. The SMILES string of the molecule is C=C(CN1C(=O)C(=O)c2cc(F)ccc21)C(=O)OCC. The first-order valence-electron chi connectivity index (χ1n) is 5.96. The van der Waals surface area contributed by atoms with Gasteiger partial charge < -0.3 is 9.64 Å². The van der Waals surface area contributed by atoms with Crippen molar-refractivity contribution in [3.8, 4) is 0 Å². The molecule has 0 bridgehead atoms. The molecule has 0 saturated carbocycles. The van der Waals surface area contributed by atoms with Gasteiger partial charge in [0.25, 0.3) is 11.7 Å². The van der Waals surface area contributed by atoms with Crippen LogP contribution in [0.5, 0.6) is 0 Å². The van der Waals surface area contributed by atoms with E-state index in [-0.39, 0.29) is 30.0 Å². The Bertz CT molecular complexity index is 624. The van der Waals surface area contributed by atoms with E-state index in [0.29, 0.717) is 0 Å². The third kappa shape index (κ3) is 2.32. The summed E-state index contributed by atoms with van der Waals surface area (Å²) in [6, 6.07) is 3.47. The number of ether oxygens (including phenoxy) is 1. The molecule has 1 heterocycles. The molecule has 0 aromatic heterocycles. The average Bonchev–Trinajstić information content (AvgIpc) is 2.64. The lowest BCUT2D eigenvalue weighted by atomic mass is 10.1. The Hall–Kier alpha value is -2.50. The van der Waals surface area contributed by atoms with Crippen LogP contribution in [0.25, 0.3) is 0 Å². The number of halogens is 1. The van der Waals surface area contributed by atoms with Gasteiger partial charge in [0.1, 0.15) is 5.82 Å². The van der Waals surface area contributed by atoms with Gasteiger partial charge in [0.15, 0.2) is 0 Å². The number of carbonyl (C=O) groups excluding carboxylic acids is 3. The van der Waals surface area contributed by atoms with Crippen molar-refractivity contribution in [1.29, 1.82) is 0 Å². The summed E-state index contributed by atoms with van der Waals surface area (Å²) in [4.78, 5) is 36.2. The first-order valence-corrected chi connectivity index (χ1v) is 5.96. The standard InChI is InChI=1S/C14H12FNO4/c1-3-20-14(19)8(2)7-16-11-5-4-9(15)6-10(11)12(17)13(16)18/h4-6H,2-3,7H2,1H3. The number of carbonyl (C=O) groups is 3. The molecule has 1 amide bonds. The zero-order valence-corrected chi connectivity index (χ0v) is 10.8. The summed E-state index contributed by atoms with van der Waals surface area (Å²) < 4.78 is 17.9. The number of anilines is 1. The summed E-state index contributed by atoms with van der Waals surface area (Å²) in [6.07, 6.45) is 0. The molecule has 5 nitrogen and oxygen atoms in total. The Morgan fingerprint density at radius 3 is 2.75 bits per heavy atom. The molecule has 20 heavy (non-hydrogen) atoms. The number of benzene rings is 1. The largest absolute Gasteiger partial charge is 0.463 e. The molecular formula is C14H12FNO4. The number of fused-ring (bicyclic) bond motifs is 1. The number of amides is 1. The Kier molecular flexibility index (Phi) is 3.65. The molecule has 6 heteroatoms. The van der Waals surface area contributed by atoms with Crippen LogP contribution < -0.4 is 4.90 Å². The second-order valence-corrected chi connectivity index (χ2v) is 4.21. The molecule has 0 spiro atoms. The zero-order valence-electron chi connectivity index (χ0n) is 10.8. The summed E-state index contributed by atoms with van der Waals surface area (Å²) in [6.45, 7) is 5.20. The van der Waals surface area contributed by atoms with Crippen LogP contribution in [0.4, 0.5) is 10.1 Å². The van der Waals surface area contributed by atoms with Crippen molar-refractivity contribution in [3.05, 3.63) is 41.7 Å². The summed E-state index contributed by atoms with van der Waals surface area (Å²) >= 11 is 0. The van der Waals surface area contributed by atoms with Crippen molar-refractivity contribution < 1.29 is 23.5 Å². The second kappa shape index (κ2) is 5.24. The number of hydrogen-bond donors (Lipinski definition) is 0. The summed E-state index contributed by atoms with van der Waals surface area (Å²) in [5, 5.41) is 0. The highest BCUT2D eigenvalue weighted by atomic mass is 19.1. The van der Waals surface area contributed by atoms with Gasteiger partial charge in [-0.3, -0.25) is 9.59 Å². The molecule has 0 fully saturated rings. The zero-order chi connectivity index (χ0) is 14.9. The Morgan fingerprint density at radius 2 is 2.10 bits per heavy atom. The molecule has 0 atom stereocenters. The molecule has 0 radical (unpaired) electrons. The number of nitrogens with zero attached hydrogens (tertiary/aromatic N) is 1. The lowest BCUT2D eigenvalue weighted by Gasteiger charge is -2.17. The van der Waals surface area contributed by atoms with Gasteiger partial charge in [-0.1, -0.05) is 6.58 Å². The molecule has 1 aliphatic heterocycles. The molecule has 0 saturated heterocycles. The van der Waals surface area contributed by atoms with Crippen molar-refractivity contribution in [2.24, 2.45) is 0 Å². The third-order valence-corrected chi connectivity index (χ3v) is 2.85. The molecule has 1 aliphatic rings. The summed E-state index contributed by atoms with van der Waals surface area (Å²) in [5.41, 5.74) is 0.309. The maximum Gasteiger partial charge on any atom is 0.335 e. The Labute approximate surface area is 114 Å². The second-order valence-electron chi connectivity index (χ2n) is 4.21.